The second-order valence-electron chi connectivity index (χ2n) is 26.4. The summed E-state index contributed by atoms with van der Waals surface area (Å²) in [6.07, 6.45) is 25.8. The largest absolute Gasteiger partial charge is 1.00 e. The monoisotopic (exact) mass is 1450 g/mol. The highest BCUT2D eigenvalue weighted by Gasteiger charge is 2.51. The zero-order valence-corrected chi connectivity index (χ0v) is 62.0. The molecule has 1 aliphatic heterocycles. The summed E-state index contributed by atoms with van der Waals surface area (Å²) in [6.45, 7) is 21.8. The molecule has 0 atom stereocenters. The highest BCUT2D eigenvalue weighted by atomic mass is 19.2. The standard InChI is InChI=1S/C11H8F4N.C10H12N2.C10H10N.C10H22N.C9H16NO.C7H9FN.C6H8N.2C5H9N2.10FH/c1-5-8(13)10(15)7-3-6(12)4-16(2)11(7)9(5)14;1-11-7-8-12(2)10-6-4-3-5-9(10)11;1-11-8-4-6-9-5-2-3-7-10(9)11;1-9(2)7-11(5,6)8-10(9,3)4;1-9(2,3)7-8-10(4)5-6-11-8;1-6-4-3-5-7(8)9(6)2;1-7-5-3-2-4-6-7;1-6-3-4-7(2)5-6;1-6-4-3-5-7(6)2;;;;;;;;;;/h3-4H,1-2H3;3-8H,1-2H3;2-8H,1H3;7-8H2,1-6H3;5-6H,7H2,1-4H3;3-5H,1-2H3;2-6H,1H3;2*3-5H,1-2H3;10*1H/q+1;+2;7*+1;;;;;;;;;;/p-10. The maximum atomic E-state index is 13.7. The van der Waals surface area contributed by atoms with E-state index in [1.54, 1.807) is 19.4 Å². The van der Waals surface area contributed by atoms with Crippen molar-refractivity contribution >= 4 is 32.8 Å². The van der Waals surface area contributed by atoms with E-state index in [1.165, 1.54) is 57.2 Å². The molecule has 28 heteroatoms. The minimum atomic E-state index is -1.28. The predicted octanol–water partition coefficient (Wildman–Crippen LogP) is -20.3. The average molecular weight is 1450 g/mol. The van der Waals surface area contributed by atoms with Gasteiger partial charge < -0.3 is 55.9 Å². The molecule has 1 saturated heterocycles. The van der Waals surface area contributed by atoms with Crippen molar-refractivity contribution in [3.63, 3.8) is 0 Å². The minimum Gasteiger partial charge on any atom is -1.00 e. The lowest BCUT2D eigenvalue weighted by Gasteiger charge is -2.29. The van der Waals surface area contributed by atoms with Crippen LogP contribution in [0.25, 0.3) is 32.8 Å². The zero-order valence-electron chi connectivity index (χ0n) is 62.0. The summed E-state index contributed by atoms with van der Waals surface area (Å²) in [5.74, 6) is -3.31. The molecule has 566 valence electrons. The van der Waals surface area contributed by atoms with Crippen molar-refractivity contribution in [3.05, 3.63) is 236 Å². The van der Waals surface area contributed by atoms with Crippen molar-refractivity contribution in [2.45, 2.75) is 68.7 Å². The maximum Gasteiger partial charge on any atom is 0.359 e. The lowest BCUT2D eigenvalue weighted by Crippen LogP contribution is -3.00. The van der Waals surface area contributed by atoms with E-state index in [4.69, 9.17) is 4.42 Å². The van der Waals surface area contributed by atoms with Crippen molar-refractivity contribution in [1.29, 1.82) is 0 Å². The number of hydrogen-bond acceptors (Lipinski definition) is 1. The first-order valence-electron chi connectivity index (χ1n) is 30.3. The van der Waals surface area contributed by atoms with Gasteiger partial charge in [-0.3, -0.25) is 0 Å². The van der Waals surface area contributed by atoms with Gasteiger partial charge in [-0.2, -0.15) is 31.9 Å². The quantitative estimate of drug-likeness (QED) is 0.0531. The molecule has 0 bridgehead atoms. The number of halogens is 15. The molecule has 0 aliphatic carbocycles. The Morgan fingerprint density at radius 1 is 0.495 bits per heavy atom. The summed E-state index contributed by atoms with van der Waals surface area (Å²) < 4.78 is 93.4. The average Bonchev–Trinajstić information content (AvgIpc) is 1.74. The van der Waals surface area contributed by atoms with Crippen LogP contribution in [0.4, 0.5) is 22.0 Å². The smallest absolute Gasteiger partial charge is 0.359 e. The van der Waals surface area contributed by atoms with Crippen LogP contribution in [0.1, 0.15) is 65.6 Å². The van der Waals surface area contributed by atoms with E-state index in [0.717, 1.165) is 41.8 Å². The van der Waals surface area contributed by atoms with E-state index in [-0.39, 0.29) is 58.5 Å². The molecule has 0 N–H and O–H groups in total. The van der Waals surface area contributed by atoms with Crippen LogP contribution in [-0.4, -0.2) is 40.9 Å². The molecular weight excluding hydrogens is 1350 g/mol. The van der Waals surface area contributed by atoms with Gasteiger partial charge in [0.15, 0.2) is 61.2 Å². The molecular formula is C73H103F15N12O. The number of para-hydroxylation sites is 3. The Labute approximate surface area is 585 Å². The second-order valence-corrected chi connectivity index (χ2v) is 26.4. The molecule has 3 aromatic carbocycles. The Hall–Kier alpha value is -9.34. The molecule has 0 spiro atoms. The van der Waals surface area contributed by atoms with Crippen LogP contribution >= 0.6 is 0 Å². The summed E-state index contributed by atoms with van der Waals surface area (Å²) in [4.78, 5) is 0. The highest BCUT2D eigenvalue weighted by molar-refractivity contribution is 5.78. The Bertz CT molecular complexity index is 3990. The van der Waals surface area contributed by atoms with Gasteiger partial charge >= 0.3 is 11.8 Å². The molecule has 101 heavy (non-hydrogen) atoms. The van der Waals surface area contributed by atoms with Gasteiger partial charge in [0, 0.05) is 83.3 Å². The number of nitrogens with zero attached hydrogens (tertiary/aromatic N) is 12. The van der Waals surface area contributed by atoms with Gasteiger partial charge in [0.1, 0.15) is 61.7 Å². The van der Waals surface area contributed by atoms with Crippen LogP contribution in [0, 0.1) is 59.3 Å². The molecule has 11 aromatic rings. The SMILES string of the molecule is CC1(C)C[N+](C)(C)CC1(C)C.C[n+]1cc[n+](C)c2ccccc21.C[n+]1cccc2ccccc21.C[n+]1ccccc1.C[n+]1ccoc1CC(C)(C)C.Cc1c(F)c(F)c2cc(F)c[n+](C)c2c1F.Cc1cccc(F)[n+]1C.Cn1cc[n+](C)c1.Cn1ccc[n+]1C.[F-].[F-].[F-].[F-].[F-].[F-].[F-].[F-].[F-].[F-]. The lowest BCUT2D eigenvalue weighted by atomic mass is 9.71. The van der Waals surface area contributed by atoms with Crippen molar-refractivity contribution in [2.24, 2.45) is 93.8 Å². The highest BCUT2D eigenvalue weighted by Crippen LogP contribution is 2.47. The Kier molecular flexibility index (Phi) is 48.8. The van der Waals surface area contributed by atoms with Crippen molar-refractivity contribution in [1.82, 2.24) is 9.25 Å². The normalized spacial score (nSPS) is 11.7. The van der Waals surface area contributed by atoms with Gasteiger partial charge in [0.05, 0.1) is 66.3 Å². The second kappa shape index (κ2) is 46.9. The van der Waals surface area contributed by atoms with E-state index in [0.29, 0.717) is 16.2 Å². The number of benzene rings is 3. The van der Waals surface area contributed by atoms with Gasteiger partial charge in [-0.25, -0.2) is 31.4 Å². The van der Waals surface area contributed by atoms with E-state index in [1.807, 2.05) is 157 Å². The topological polar surface area (TPSA) is 57.9 Å². The third kappa shape index (κ3) is 32.2. The first kappa shape index (κ1) is 105. The summed E-state index contributed by atoms with van der Waals surface area (Å²) in [6, 6.07) is 34.7. The summed E-state index contributed by atoms with van der Waals surface area (Å²) in [5, 5.41) is 0.889. The number of fused-ring (bicyclic) bond motifs is 3. The Balaban J connectivity index is -0.000000196. The molecule has 0 radical (unpaired) electrons. The number of likely N-dealkylation sites (tertiary alicyclic amines) is 1. The molecule has 0 saturated carbocycles. The van der Waals surface area contributed by atoms with E-state index in [2.05, 4.69) is 177 Å². The van der Waals surface area contributed by atoms with Crippen molar-refractivity contribution in [2.75, 3.05) is 27.2 Å². The first-order valence-corrected chi connectivity index (χ1v) is 30.3. The predicted molar refractivity (Wildman–Crippen MR) is 347 cm³/mol. The number of rotatable bonds is 1. The van der Waals surface area contributed by atoms with E-state index < -0.39 is 34.2 Å². The molecule has 13 nitrogen and oxygen atoms in total. The van der Waals surface area contributed by atoms with E-state index in [9.17, 15) is 22.0 Å². The third-order valence-corrected chi connectivity index (χ3v) is 15.9. The molecule has 9 heterocycles. The van der Waals surface area contributed by atoms with E-state index >= 15 is 0 Å². The van der Waals surface area contributed by atoms with Crippen LogP contribution in [-0.2, 0) is 83.9 Å². The zero-order chi connectivity index (χ0) is 68.2. The number of hydrogen-bond donors (Lipinski definition) is 0. The van der Waals surface area contributed by atoms with Crippen LogP contribution in [0.15, 0.2) is 194 Å². The fourth-order valence-corrected chi connectivity index (χ4v) is 10.2. The summed E-state index contributed by atoms with van der Waals surface area (Å²) in [5.41, 5.74) is 5.43. The molecule has 12 rings (SSSR count). The molecule has 0 unspecified atom stereocenters. The fourth-order valence-electron chi connectivity index (χ4n) is 10.2. The molecule has 8 aromatic heterocycles. The minimum absolute atomic E-state index is 0. The fraction of sp³-hybridized carbons (Fsp3) is 0.384. The number of quaternary nitrogens is 1. The first-order chi connectivity index (χ1) is 42.4. The summed E-state index contributed by atoms with van der Waals surface area (Å²) >= 11 is 0. The van der Waals surface area contributed by atoms with Crippen molar-refractivity contribution < 1.29 is 119 Å². The van der Waals surface area contributed by atoms with Crippen molar-refractivity contribution in [3.8, 4) is 0 Å². The molecule has 1 aliphatic rings. The summed E-state index contributed by atoms with van der Waals surface area (Å²) in [7, 11) is 25.9. The van der Waals surface area contributed by atoms with Crippen LogP contribution in [0.5, 0.6) is 0 Å². The van der Waals surface area contributed by atoms with Crippen LogP contribution in [0.3, 0.4) is 0 Å². The van der Waals surface area contributed by atoms with Gasteiger partial charge in [0.25, 0.3) is 16.6 Å². The number of imidazole rings is 1. The third-order valence-electron chi connectivity index (χ3n) is 15.9. The van der Waals surface area contributed by atoms with Crippen LogP contribution < -0.4 is 88.3 Å². The van der Waals surface area contributed by atoms with Gasteiger partial charge in [0.2, 0.25) is 42.4 Å². The van der Waals surface area contributed by atoms with Crippen LogP contribution in [0.2, 0.25) is 0 Å². The lowest BCUT2D eigenvalue weighted by molar-refractivity contribution is -0.883. The maximum absolute atomic E-state index is 13.7. The van der Waals surface area contributed by atoms with Gasteiger partial charge in [-0.15, -0.1) is 9.07 Å². The number of oxazole rings is 1. The van der Waals surface area contributed by atoms with Gasteiger partial charge in [-0.05, 0) is 36.6 Å². The van der Waals surface area contributed by atoms with Gasteiger partial charge in [-0.1, -0.05) is 78.8 Å². The Morgan fingerprint density at radius 3 is 1.35 bits per heavy atom. The number of aromatic nitrogens is 11. The number of pyridine rings is 4. The Morgan fingerprint density at radius 2 is 0.990 bits per heavy atom. The molecule has 0 amide bonds. The molecule has 1 fully saturated rings. The number of aryl methyl sites for hydroxylation is 11.